The highest BCUT2D eigenvalue weighted by molar-refractivity contribution is 6.96. The Kier molecular flexibility index (Phi) is 12.2. The van der Waals surface area contributed by atoms with E-state index in [2.05, 4.69) is 376 Å². The summed E-state index contributed by atoms with van der Waals surface area (Å²) in [5.74, 6) is 0. The zero-order valence-electron chi connectivity index (χ0n) is 55.4. The smallest absolute Gasteiger partial charge is 0.241 e. The molecule has 0 amide bonds. The van der Waals surface area contributed by atoms with Gasteiger partial charge in [-0.15, -0.1) is 0 Å². The first-order chi connectivity index (χ1) is 49.4. The van der Waals surface area contributed by atoms with Crippen LogP contribution in [0.4, 0.5) is 0 Å². The Morgan fingerprint density at radius 1 is 0.200 bits per heavy atom. The molecule has 0 bridgehead atoms. The Balaban J connectivity index is 0.673. The quantitative estimate of drug-likeness (QED) is 0.129. The van der Waals surface area contributed by atoms with Gasteiger partial charge in [0.25, 0.3) is 0 Å². The number of benzene rings is 15. The minimum atomic E-state index is -0.0214. The topological polar surface area (TPSA) is 29.6 Å². The molecule has 15 aromatic carbocycles. The molecule has 0 fully saturated rings. The molecule has 6 aromatic heterocycles. The average molecular weight is 1280 g/mol. The van der Waals surface area contributed by atoms with Crippen LogP contribution in [0, 0.1) is 20.8 Å². The van der Waals surface area contributed by atoms with Crippen molar-refractivity contribution in [3.8, 4) is 34.1 Å². The normalized spacial score (nSPS) is 12.2. The molecule has 21 aromatic rings. The first-order valence-corrected chi connectivity index (χ1v) is 34.8. The molecular weight excluding hydrogens is 1210 g/mol. The first-order valence-electron chi connectivity index (χ1n) is 34.8. The monoisotopic (exact) mass is 1270 g/mol. The maximum absolute atomic E-state index is 2.52. The highest BCUT2D eigenvalue weighted by Crippen LogP contribution is 2.46. The molecule has 468 valence electrons. The second-order valence-corrected chi connectivity index (χ2v) is 27.3. The molecule has 0 radical (unpaired) electrons. The van der Waals surface area contributed by atoms with E-state index in [1.54, 1.807) is 0 Å². The number of aromatic nitrogens is 6. The third kappa shape index (κ3) is 8.08. The van der Waals surface area contributed by atoms with Crippen molar-refractivity contribution in [2.45, 2.75) is 20.8 Å². The molecular formula is C93H63BN6. The van der Waals surface area contributed by atoms with Gasteiger partial charge >= 0.3 is 0 Å². The summed E-state index contributed by atoms with van der Waals surface area (Å²) < 4.78 is 14.8. The SMILES string of the molecule is Cc1cc(C)c(B(c2ccc(-n3c4ccccc4c4cc(-n5c6ccccc6c6c7c8ccccc8n(-c8ccccc8)c7ccc65)ccc43)cc2)c2ccc(-n3c4ccccc4c4cc(-n5c6ccccc6c6ccc7c(c8ccccc8n7-c7ccccc7)c65)ccc43)cc2)c(C)c1. The summed E-state index contributed by atoms with van der Waals surface area (Å²) in [7, 11) is 0. The van der Waals surface area contributed by atoms with Crippen molar-refractivity contribution in [2.75, 3.05) is 0 Å². The molecule has 0 aliphatic heterocycles. The van der Waals surface area contributed by atoms with Crippen LogP contribution in [0.2, 0.25) is 0 Å². The van der Waals surface area contributed by atoms with Crippen LogP contribution in [0.3, 0.4) is 0 Å². The van der Waals surface area contributed by atoms with Gasteiger partial charge in [0.05, 0.1) is 66.2 Å². The van der Waals surface area contributed by atoms with Crippen molar-refractivity contribution in [3.05, 3.63) is 344 Å². The van der Waals surface area contributed by atoms with E-state index >= 15 is 0 Å². The van der Waals surface area contributed by atoms with Crippen LogP contribution < -0.4 is 16.4 Å². The maximum Gasteiger partial charge on any atom is 0.241 e. The highest BCUT2D eigenvalue weighted by Gasteiger charge is 2.29. The Hall–Kier alpha value is -12.8. The summed E-state index contributed by atoms with van der Waals surface area (Å²) in [6.45, 7) is 6.77. The summed E-state index contributed by atoms with van der Waals surface area (Å²) in [6.07, 6.45) is 0. The van der Waals surface area contributed by atoms with Gasteiger partial charge in [0.1, 0.15) is 0 Å². The molecule has 0 N–H and O–H groups in total. The number of rotatable bonds is 9. The van der Waals surface area contributed by atoms with Crippen molar-refractivity contribution >= 4 is 154 Å². The largest absolute Gasteiger partial charge is 0.309 e. The van der Waals surface area contributed by atoms with Crippen LogP contribution in [0.5, 0.6) is 0 Å². The van der Waals surface area contributed by atoms with E-state index in [4.69, 9.17) is 0 Å². The van der Waals surface area contributed by atoms with Gasteiger partial charge in [-0.25, -0.2) is 0 Å². The van der Waals surface area contributed by atoms with E-state index in [-0.39, 0.29) is 6.71 Å². The fourth-order valence-electron chi connectivity index (χ4n) is 17.8. The third-order valence-corrected chi connectivity index (χ3v) is 21.8. The molecule has 6 nitrogen and oxygen atoms in total. The minimum Gasteiger partial charge on any atom is -0.309 e. The zero-order valence-corrected chi connectivity index (χ0v) is 55.4. The van der Waals surface area contributed by atoms with Crippen LogP contribution in [-0.4, -0.2) is 34.1 Å². The molecule has 0 aliphatic carbocycles. The second kappa shape index (κ2) is 21.6. The number of hydrogen-bond donors (Lipinski definition) is 0. The van der Waals surface area contributed by atoms with Crippen molar-refractivity contribution in [3.63, 3.8) is 0 Å². The molecule has 0 unspecified atom stereocenters. The van der Waals surface area contributed by atoms with E-state index < -0.39 is 0 Å². The standard InChI is InChI=1S/C93H63BN6/c1-58-54-59(2)92(60(3)55-58)94(61-38-42-65(43-39-61)95-78-32-16-11-27-70(78)76-56-67(46-49-84(76)95)99-82-36-20-14-30-74(82)90-87(99)53-52-86-89(90)73-29-13-19-35-81(73)97(86)63-22-6-4-7-23-63)62-40-44-66(45-41-62)96-79-33-17-12-28-71(79)77-57-68(47-50-85(77)96)100-80-34-18-10-26-69(80)72-48-51-88-91(93(72)100)75-31-15-21-37-83(75)98(88)64-24-8-5-9-25-64/h4-57H,1-3H3. The van der Waals surface area contributed by atoms with E-state index in [9.17, 15) is 0 Å². The number of aryl methyl sites for hydroxylation is 3. The Bertz CT molecular complexity index is 6950. The number of para-hydroxylation sites is 8. The van der Waals surface area contributed by atoms with E-state index in [1.165, 1.54) is 164 Å². The Morgan fingerprint density at radius 3 is 0.940 bits per heavy atom. The lowest BCUT2D eigenvalue weighted by Crippen LogP contribution is -2.54. The summed E-state index contributed by atoms with van der Waals surface area (Å²) in [5.41, 5.74) is 28.8. The first kappa shape index (κ1) is 56.4. The molecule has 100 heavy (non-hydrogen) atoms. The summed E-state index contributed by atoms with van der Waals surface area (Å²) >= 11 is 0. The van der Waals surface area contributed by atoms with Crippen molar-refractivity contribution in [2.24, 2.45) is 0 Å². The second-order valence-electron chi connectivity index (χ2n) is 27.3. The maximum atomic E-state index is 2.52. The molecule has 0 aliphatic rings. The lowest BCUT2D eigenvalue weighted by molar-refractivity contribution is 1.16. The van der Waals surface area contributed by atoms with Crippen molar-refractivity contribution in [1.82, 2.24) is 27.4 Å². The summed E-state index contributed by atoms with van der Waals surface area (Å²) in [6, 6.07) is 122. The van der Waals surface area contributed by atoms with Gasteiger partial charge in [-0.05, 0) is 160 Å². The predicted molar refractivity (Wildman–Crippen MR) is 424 cm³/mol. The lowest BCUT2D eigenvalue weighted by Gasteiger charge is -2.22. The number of nitrogens with zero attached hydrogens (tertiary/aromatic N) is 6. The molecule has 0 atom stereocenters. The predicted octanol–water partition coefficient (Wildman–Crippen LogP) is 21.7. The van der Waals surface area contributed by atoms with E-state index in [0.29, 0.717) is 0 Å². The van der Waals surface area contributed by atoms with Gasteiger partial charge in [-0.1, -0.05) is 221 Å². The van der Waals surface area contributed by atoms with E-state index in [1.807, 2.05) is 0 Å². The zero-order chi connectivity index (χ0) is 66.0. The lowest BCUT2D eigenvalue weighted by atomic mass is 9.35. The van der Waals surface area contributed by atoms with Crippen LogP contribution in [0.15, 0.2) is 328 Å². The molecule has 0 spiro atoms. The minimum absolute atomic E-state index is 0.0214. The van der Waals surface area contributed by atoms with Gasteiger partial charge in [-0.2, -0.15) is 0 Å². The van der Waals surface area contributed by atoms with Gasteiger partial charge in [-0.3, -0.25) is 0 Å². The highest BCUT2D eigenvalue weighted by atomic mass is 15.0. The van der Waals surface area contributed by atoms with Crippen LogP contribution in [0.1, 0.15) is 16.7 Å². The Labute approximate surface area is 577 Å². The summed E-state index contributed by atoms with van der Waals surface area (Å²) in [5, 5.41) is 14.9. The third-order valence-electron chi connectivity index (χ3n) is 21.8. The van der Waals surface area contributed by atoms with E-state index in [0.717, 1.165) is 34.1 Å². The van der Waals surface area contributed by atoms with Crippen LogP contribution in [0.25, 0.3) is 165 Å². The van der Waals surface area contributed by atoms with Gasteiger partial charge in [0.15, 0.2) is 0 Å². The molecule has 0 saturated carbocycles. The summed E-state index contributed by atoms with van der Waals surface area (Å²) in [4.78, 5) is 0. The van der Waals surface area contributed by atoms with Gasteiger partial charge < -0.3 is 27.4 Å². The van der Waals surface area contributed by atoms with Crippen molar-refractivity contribution in [1.29, 1.82) is 0 Å². The van der Waals surface area contributed by atoms with Gasteiger partial charge in [0.2, 0.25) is 6.71 Å². The van der Waals surface area contributed by atoms with Crippen LogP contribution >= 0.6 is 0 Å². The number of hydrogen-bond acceptors (Lipinski definition) is 0. The fraction of sp³-hybridized carbons (Fsp3) is 0.0323. The molecule has 0 saturated heterocycles. The van der Waals surface area contributed by atoms with Gasteiger partial charge in [0, 0.05) is 98.8 Å². The molecule has 21 rings (SSSR count). The number of fused-ring (bicyclic) bond motifs is 20. The fourth-order valence-corrected chi connectivity index (χ4v) is 17.8. The Morgan fingerprint density at radius 2 is 0.490 bits per heavy atom. The molecule has 6 heterocycles. The average Bonchev–Trinajstić information content (AvgIpc) is 1.54. The van der Waals surface area contributed by atoms with Crippen LogP contribution in [-0.2, 0) is 0 Å². The molecule has 7 heteroatoms. The van der Waals surface area contributed by atoms with Crippen molar-refractivity contribution < 1.29 is 0 Å².